The molecular formula is C12H20O4. The summed E-state index contributed by atoms with van der Waals surface area (Å²) in [5.41, 5.74) is 0.588. The quantitative estimate of drug-likeness (QED) is 0.548. The zero-order valence-electron chi connectivity index (χ0n) is 10.8. The predicted octanol–water partition coefficient (Wildman–Crippen LogP) is 2.09. The van der Waals surface area contributed by atoms with E-state index in [-0.39, 0.29) is 5.41 Å². The van der Waals surface area contributed by atoms with Crippen LogP contribution < -0.4 is 0 Å². The Bertz CT molecular complexity index is 307. The zero-order valence-corrected chi connectivity index (χ0v) is 10.8. The number of methoxy groups -OCH3 is 2. The molecule has 0 unspecified atom stereocenters. The molecule has 0 aliphatic heterocycles. The molecule has 0 heterocycles. The number of carbonyl (C=O) groups excluding carboxylic acids is 2. The fourth-order valence-corrected chi connectivity index (χ4v) is 1.29. The van der Waals surface area contributed by atoms with Gasteiger partial charge in [-0.3, -0.25) is 0 Å². The van der Waals surface area contributed by atoms with Gasteiger partial charge in [0.2, 0.25) is 0 Å². The first-order valence-electron chi connectivity index (χ1n) is 5.09. The summed E-state index contributed by atoms with van der Waals surface area (Å²) in [6, 6.07) is 0. The lowest BCUT2D eigenvalue weighted by Crippen LogP contribution is -2.18. The van der Waals surface area contributed by atoms with Crippen LogP contribution in [0.15, 0.2) is 11.1 Å². The summed E-state index contributed by atoms with van der Waals surface area (Å²) in [5.74, 6) is -0.970. The third-order valence-corrected chi connectivity index (χ3v) is 2.08. The first-order valence-corrected chi connectivity index (χ1v) is 5.09. The Kier molecular flexibility index (Phi) is 5.21. The first kappa shape index (κ1) is 14.7. The first-order chi connectivity index (χ1) is 7.22. The molecule has 4 nitrogen and oxygen atoms in total. The SMILES string of the molecule is COC(=O)C(C)=C(CC(C)(C)C)C(=O)OC. The molecule has 0 saturated carbocycles. The molecule has 0 aromatic heterocycles. The summed E-state index contributed by atoms with van der Waals surface area (Å²) in [6.07, 6.45) is 0.473. The second-order valence-corrected chi connectivity index (χ2v) is 4.82. The smallest absolute Gasteiger partial charge is 0.334 e. The summed E-state index contributed by atoms with van der Waals surface area (Å²) in [4.78, 5) is 22.9. The van der Waals surface area contributed by atoms with Crippen LogP contribution in [0.3, 0.4) is 0 Å². The summed E-state index contributed by atoms with van der Waals surface area (Å²) in [6.45, 7) is 7.53. The molecule has 4 heteroatoms. The Morgan fingerprint density at radius 1 is 1.00 bits per heavy atom. The molecule has 0 aromatic carbocycles. The van der Waals surface area contributed by atoms with E-state index in [2.05, 4.69) is 9.47 Å². The maximum absolute atomic E-state index is 11.6. The van der Waals surface area contributed by atoms with Crippen LogP contribution in [-0.4, -0.2) is 26.2 Å². The average molecular weight is 228 g/mol. The standard InChI is InChI=1S/C12H20O4/c1-8(10(13)15-5)9(11(14)16-6)7-12(2,3)4/h7H2,1-6H3. The second-order valence-electron chi connectivity index (χ2n) is 4.82. The van der Waals surface area contributed by atoms with Crippen molar-refractivity contribution in [2.24, 2.45) is 5.41 Å². The van der Waals surface area contributed by atoms with Crippen molar-refractivity contribution < 1.29 is 19.1 Å². The number of rotatable bonds is 3. The number of esters is 2. The zero-order chi connectivity index (χ0) is 12.9. The van der Waals surface area contributed by atoms with Gasteiger partial charge in [0.1, 0.15) is 0 Å². The van der Waals surface area contributed by atoms with Gasteiger partial charge in [-0.25, -0.2) is 9.59 Å². The minimum absolute atomic E-state index is 0.0984. The van der Waals surface area contributed by atoms with Crippen LogP contribution in [-0.2, 0) is 19.1 Å². The van der Waals surface area contributed by atoms with Crippen LogP contribution in [0, 0.1) is 5.41 Å². The third-order valence-electron chi connectivity index (χ3n) is 2.08. The summed E-state index contributed by atoms with van der Waals surface area (Å²) >= 11 is 0. The molecule has 0 amide bonds. The molecule has 0 N–H and O–H groups in total. The maximum Gasteiger partial charge on any atom is 0.334 e. The molecule has 92 valence electrons. The van der Waals surface area contributed by atoms with Crippen LogP contribution >= 0.6 is 0 Å². The molecule has 0 aliphatic carbocycles. The molecule has 0 bridgehead atoms. The van der Waals surface area contributed by atoms with Crippen LogP contribution in [0.4, 0.5) is 0 Å². The van der Waals surface area contributed by atoms with Crippen molar-refractivity contribution in [2.45, 2.75) is 34.1 Å². The second kappa shape index (κ2) is 5.68. The minimum atomic E-state index is -0.496. The van der Waals surface area contributed by atoms with Crippen molar-refractivity contribution in [1.82, 2.24) is 0 Å². The predicted molar refractivity (Wildman–Crippen MR) is 60.8 cm³/mol. The molecule has 0 saturated heterocycles. The van der Waals surface area contributed by atoms with E-state index in [0.29, 0.717) is 17.6 Å². The molecule has 0 aromatic rings. The van der Waals surface area contributed by atoms with Gasteiger partial charge in [-0.2, -0.15) is 0 Å². The highest BCUT2D eigenvalue weighted by atomic mass is 16.5. The van der Waals surface area contributed by atoms with Gasteiger partial charge in [0, 0.05) is 11.1 Å². The lowest BCUT2D eigenvalue weighted by atomic mass is 9.86. The largest absolute Gasteiger partial charge is 0.466 e. The van der Waals surface area contributed by atoms with Crippen LogP contribution in [0.2, 0.25) is 0 Å². The number of carbonyl (C=O) groups is 2. The molecule has 0 radical (unpaired) electrons. The van der Waals surface area contributed by atoms with Crippen molar-refractivity contribution >= 4 is 11.9 Å². The van der Waals surface area contributed by atoms with Crippen molar-refractivity contribution in [2.75, 3.05) is 14.2 Å². The maximum atomic E-state index is 11.6. The van der Waals surface area contributed by atoms with Gasteiger partial charge in [0.05, 0.1) is 14.2 Å². The lowest BCUT2D eigenvalue weighted by molar-refractivity contribution is -0.139. The van der Waals surface area contributed by atoms with E-state index in [4.69, 9.17) is 0 Å². The van der Waals surface area contributed by atoms with Crippen LogP contribution in [0.5, 0.6) is 0 Å². The van der Waals surface area contributed by atoms with Gasteiger partial charge in [-0.1, -0.05) is 20.8 Å². The molecule has 16 heavy (non-hydrogen) atoms. The fourth-order valence-electron chi connectivity index (χ4n) is 1.29. The highest BCUT2D eigenvalue weighted by Gasteiger charge is 2.24. The summed E-state index contributed by atoms with van der Waals surface area (Å²) in [7, 11) is 2.59. The molecule has 0 atom stereocenters. The number of hydrogen-bond acceptors (Lipinski definition) is 4. The Labute approximate surface area is 96.6 Å². The Morgan fingerprint density at radius 3 is 1.75 bits per heavy atom. The highest BCUT2D eigenvalue weighted by Crippen LogP contribution is 2.27. The highest BCUT2D eigenvalue weighted by molar-refractivity contribution is 5.99. The Hall–Kier alpha value is -1.32. The van der Waals surface area contributed by atoms with Gasteiger partial charge < -0.3 is 9.47 Å². The van der Waals surface area contributed by atoms with E-state index in [1.807, 2.05) is 20.8 Å². The van der Waals surface area contributed by atoms with Crippen molar-refractivity contribution in [3.05, 3.63) is 11.1 Å². The normalized spacial score (nSPS) is 12.9. The fraction of sp³-hybridized carbons (Fsp3) is 0.667. The molecule has 0 aliphatic rings. The van der Waals surface area contributed by atoms with Crippen molar-refractivity contribution in [3.8, 4) is 0 Å². The lowest BCUT2D eigenvalue weighted by Gasteiger charge is -2.20. The average Bonchev–Trinajstić information content (AvgIpc) is 2.21. The van der Waals surface area contributed by atoms with E-state index in [9.17, 15) is 9.59 Å². The third kappa shape index (κ3) is 4.47. The topological polar surface area (TPSA) is 52.6 Å². The van der Waals surface area contributed by atoms with Gasteiger partial charge >= 0.3 is 11.9 Å². The molecule has 0 rings (SSSR count). The van der Waals surface area contributed by atoms with Crippen molar-refractivity contribution in [3.63, 3.8) is 0 Å². The van der Waals surface area contributed by atoms with Gasteiger partial charge in [0.15, 0.2) is 0 Å². The minimum Gasteiger partial charge on any atom is -0.466 e. The molecule has 0 fully saturated rings. The summed E-state index contributed by atoms with van der Waals surface area (Å²) in [5, 5.41) is 0. The Morgan fingerprint density at radius 2 is 1.44 bits per heavy atom. The van der Waals surface area contributed by atoms with E-state index >= 15 is 0 Å². The van der Waals surface area contributed by atoms with E-state index in [0.717, 1.165) is 0 Å². The van der Waals surface area contributed by atoms with Gasteiger partial charge in [-0.15, -0.1) is 0 Å². The van der Waals surface area contributed by atoms with Gasteiger partial charge in [-0.05, 0) is 18.8 Å². The number of ether oxygens (including phenoxy) is 2. The molecule has 0 spiro atoms. The van der Waals surface area contributed by atoms with E-state index in [1.165, 1.54) is 14.2 Å². The van der Waals surface area contributed by atoms with Crippen molar-refractivity contribution in [1.29, 1.82) is 0 Å². The number of hydrogen-bond donors (Lipinski definition) is 0. The van der Waals surface area contributed by atoms with E-state index < -0.39 is 11.9 Å². The van der Waals surface area contributed by atoms with Crippen LogP contribution in [0.1, 0.15) is 34.1 Å². The monoisotopic (exact) mass is 228 g/mol. The molecular weight excluding hydrogens is 208 g/mol. The Balaban J connectivity index is 5.24. The summed E-state index contributed by atoms with van der Waals surface area (Å²) < 4.78 is 9.27. The van der Waals surface area contributed by atoms with E-state index in [1.54, 1.807) is 6.92 Å². The van der Waals surface area contributed by atoms with Crippen LogP contribution in [0.25, 0.3) is 0 Å². The van der Waals surface area contributed by atoms with Gasteiger partial charge in [0.25, 0.3) is 0 Å².